The third-order valence-corrected chi connectivity index (χ3v) is 4.58. The van der Waals surface area contributed by atoms with E-state index >= 15 is 0 Å². The van der Waals surface area contributed by atoms with Crippen LogP contribution in [-0.4, -0.2) is 12.3 Å². The molecule has 0 bridgehead atoms. The van der Waals surface area contributed by atoms with E-state index in [1.165, 1.54) is 11.1 Å². The van der Waals surface area contributed by atoms with Crippen LogP contribution in [0.1, 0.15) is 65.2 Å². The molecule has 0 fully saturated rings. The van der Waals surface area contributed by atoms with Gasteiger partial charge in [0.05, 0.1) is 6.10 Å². The van der Waals surface area contributed by atoms with Crippen LogP contribution in [0.4, 0.5) is 4.79 Å². The summed E-state index contributed by atoms with van der Waals surface area (Å²) in [6, 6.07) is 16.4. The Balaban J connectivity index is 2.17. The Kier molecular flexibility index (Phi) is 5.80. The van der Waals surface area contributed by atoms with E-state index in [-0.39, 0.29) is 16.9 Å². The number of ether oxygens (including phenoxy) is 2. The van der Waals surface area contributed by atoms with Gasteiger partial charge in [0.15, 0.2) is 0 Å². The van der Waals surface area contributed by atoms with Crippen molar-refractivity contribution in [3.63, 3.8) is 0 Å². The van der Waals surface area contributed by atoms with E-state index in [4.69, 9.17) is 9.47 Å². The largest absolute Gasteiger partial charge is 0.514 e. The molecule has 0 atom stereocenters. The second-order valence-corrected chi connectivity index (χ2v) is 8.50. The van der Waals surface area contributed by atoms with E-state index in [2.05, 4.69) is 58.9 Å². The maximum atomic E-state index is 11.6. The van der Waals surface area contributed by atoms with Gasteiger partial charge in [0.2, 0.25) is 0 Å². The Labute approximate surface area is 157 Å². The van der Waals surface area contributed by atoms with E-state index in [1.54, 1.807) is 13.8 Å². The molecule has 0 aliphatic carbocycles. The molecule has 2 aromatic carbocycles. The minimum Gasteiger partial charge on any atom is -0.431 e. The van der Waals surface area contributed by atoms with Gasteiger partial charge in [0, 0.05) is 5.41 Å². The summed E-state index contributed by atoms with van der Waals surface area (Å²) in [4.78, 5) is 11.6. The predicted octanol–water partition coefficient (Wildman–Crippen LogP) is 6.23. The number of hydrogen-bond donors (Lipinski definition) is 0. The average Bonchev–Trinajstić information content (AvgIpc) is 2.54. The molecule has 0 aliphatic heterocycles. The summed E-state index contributed by atoms with van der Waals surface area (Å²) >= 11 is 0. The van der Waals surface area contributed by atoms with Gasteiger partial charge >= 0.3 is 6.16 Å². The molecule has 0 unspecified atom stereocenters. The van der Waals surface area contributed by atoms with Crippen LogP contribution in [0.5, 0.6) is 5.75 Å². The van der Waals surface area contributed by atoms with E-state index in [0.717, 1.165) is 5.56 Å². The van der Waals surface area contributed by atoms with Crippen LogP contribution >= 0.6 is 0 Å². The van der Waals surface area contributed by atoms with Gasteiger partial charge in [-0.25, -0.2) is 4.79 Å². The zero-order valence-corrected chi connectivity index (χ0v) is 16.9. The highest BCUT2D eigenvalue weighted by atomic mass is 16.7. The molecule has 2 rings (SSSR count). The summed E-state index contributed by atoms with van der Waals surface area (Å²) in [5.41, 5.74) is 3.73. The monoisotopic (exact) mass is 354 g/mol. The molecule has 0 aliphatic rings. The summed E-state index contributed by atoms with van der Waals surface area (Å²) in [7, 11) is 0. The molecule has 3 nitrogen and oxygen atoms in total. The summed E-state index contributed by atoms with van der Waals surface area (Å²) in [6.45, 7) is 14.6. The SMILES string of the molecule is CC(C)OC(=O)Oc1ccc(C(C)(C)c2ccc(C(C)(C)C)cc2)cc1. The second kappa shape index (κ2) is 7.53. The van der Waals surface area contributed by atoms with Gasteiger partial charge in [-0.2, -0.15) is 0 Å². The zero-order valence-electron chi connectivity index (χ0n) is 16.9. The second-order valence-electron chi connectivity index (χ2n) is 8.50. The molecule has 0 saturated heterocycles. The molecule has 26 heavy (non-hydrogen) atoms. The maximum absolute atomic E-state index is 11.6. The molecule has 2 aromatic rings. The molecule has 0 amide bonds. The zero-order chi connectivity index (χ0) is 19.5. The van der Waals surface area contributed by atoms with Gasteiger partial charge < -0.3 is 9.47 Å². The summed E-state index contributed by atoms with van der Waals surface area (Å²) < 4.78 is 10.2. The van der Waals surface area contributed by atoms with Crippen molar-refractivity contribution in [3.05, 3.63) is 65.2 Å². The molecule has 0 radical (unpaired) electrons. The Bertz CT molecular complexity index is 733. The lowest BCUT2D eigenvalue weighted by atomic mass is 9.77. The quantitative estimate of drug-likeness (QED) is 0.482. The molecule has 3 heteroatoms. The van der Waals surface area contributed by atoms with Crippen molar-refractivity contribution in [2.75, 3.05) is 0 Å². The minimum absolute atomic E-state index is 0.145. The highest BCUT2D eigenvalue weighted by molar-refractivity contribution is 5.64. The van der Waals surface area contributed by atoms with Gasteiger partial charge in [-0.05, 0) is 48.1 Å². The highest BCUT2D eigenvalue weighted by Crippen LogP contribution is 2.34. The minimum atomic E-state index is -0.676. The van der Waals surface area contributed by atoms with Crippen molar-refractivity contribution < 1.29 is 14.3 Å². The van der Waals surface area contributed by atoms with Gasteiger partial charge in [0.25, 0.3) is 0 Å². The molecule has 0 N–H and O–H groups in total. The van der Waals surface area contributed by atoms with Crippen LogP contribution in [-0.2, 0) is 15.6 Å². The molecule has 140 valence electrons. The Morgan fingerprint density at radius 3 is 1.62 bits per heavy atom. The standard InChI is InChI=1S/C23H30O3/c1-16(2)25-21(24)26-20-14-12-19(13-15-20)23(6,7)18-10-8-17(9-11-18)22(3,4)5/h8-16H,1-7H3. The lowest BCUT2D eigenvalue weighted by Gasteiger charge is -2.27. The topological polar surface area (TPSA) is 35.5 Å². The number of rotatable bonds is 4. The molecule has 0 heterocycles. The van der Waals surface area contributed by atoms with Gasteiger partial charge in [-0.1, -0.05) is 71.0 Å². The highest BCUT2D eigenvalue weighted by Gasteiger charge is 2.24. The molecular weight excluding hydrogens is 324 g/mol. The first-order valence-electron chi connectivity index (χ1n) is 9.10. The van der Waals surface area contributed by atoms with Crippen molar-refractivity contribution in [2.45, 2.75) is 65.4 Å². The van der Waals surface area contributed by atoms with Crippen molar-refractivity contribution in [2.24, 2.45) is 0 Å². The van der Waals surface area contributed by atoms with Crippen molar-refractivity contribution in [3.8, 4) is 5.75 Å². The Morgan fingerprint density at radius 2 is 1.19 bits per heavy atom. The number of carbonyl (C=O) groups is 1. The first-order valence-corrected chi connectivity index (χ1v) is 9.10. The molecule has 0 aromatic heterocycles. The lowest BCUT2D eigenvalue weighted by molar-refractivity contribution is 0.0729. The van der Waals surface area contributed by atoms with Crippen molar-refractivity contribution in [1.82, 2.24) is 0 Å². The van der Waals surface area contributed by atoms with E-state index < -0.39 is 6.16 Å². The third-order valence-electron chi connectivity index (χ3n) is 4.58. The van der Waals surface area contributed by atoms with Crippen LogP contribution in [0.2, 0.25) is 0 Å². The number of benzene rings is 2. The van der Waals surface area contributed by atoms with E-state index in [9.17, 15) is 4.79 Å². The number of carbonyl (C=O) groups excluding carboxylic acids is 1. The molecule has 0 saturated carbocycles. The maximum Gasteiger partial charge on any atom is 0.514 e. The first-order chi connectivity index (χ1) is 12.0. The Morgan fingerprint density at radius 1 is 0.769 bits per heavy atom. The van der Waals surface area contributed by atoms with E-state index in [0.29, 0.717) is 5.75 Å². The van der Waals surface area contributed by atoms with Gasteiger partial charge in [0.1, 0.15) is 5.75 Å². The summed E-state index contributed by atoms with van der Waals surface area (Å²) in [6.07, 6.45) is -0.874. The molecule has 0 spiro atoms. The van der Waals surface area contributed by atoms with Crippen LogP contribution in [0, 0.1) is 0 Å². The van der Waals surface area contributed by atoms with Crippen molar-refractivity contribution >= 4 is 6.16 Å². The van der Waals surface area contributed by atoms with Crippen LogP contribution in [0.15, 0.2) is 48.5 Å². The van der Waals surface area contributed by atoms with Crippen LogP contribution in [0.25, 0.3) is 0 Å². The first kappa shape index (κ1) is 20.0. The fourth-order valence-corrected chi connectivity index (χ4v) is 2.81. The average molecular weight is 354 g/mol. The number of hydrogen-bond acceptors (Lipinski definition) is 3. The third kappa shape index (κ3) is 4.87. The fourth-order valence-electron chi connectivity index (χ4n) is 2.81. The van der Waals surface area contributed by atoms with Crippen LogP contribution < -0.4 is 4.74 Å². The summed E-state index contributed by atoms with van der Waals surface area (Å²) in [5.74, 6) is 0.485. The molecular formula is C23H30O3. The predicted molar refractivity (Wildman–Crippen MR) is 106 cm³/mol. The lowest BCUT2D eigenvalue weighted by Crippen LogP contribution is -2.20. The fraction of sp³-hybridized carbons (Fsp3) is 0.435. The summed E-state index contributed by atoms with van der Waals surface area (Å²) in [5, 5.41) is 0. The van der Waals surface area contributed by atoms with Gasteiger partial charge in [-0.3, -0.25) is 0 Å². The normalized spacial score (nSPS) is 12.2. The van der Waals surface area contributed by atoms with E-state index in [1.807, 2.05) is 24.3 Å². The van der Waals surface area contributed by atoms with Gasteiger partial charge in [-0.15, -0.1) is 0 Å². The van der Waals surface area contributed by atoms with Crippen molar-refractivity contribution in [1.29, 1.82) is 0 Å². The van der Waals surface area contributed by atoms with Crippen LogP contribution in [0.3, 0.4) is 0 Å². The smallest absolute Gasteiger partial charge is 0.431 e. The Hall–Kier alpha value is -2.29.